The third kappa shape index (κ3) is 5.86. The Balaban J connectivity index is 3.38. The van der Waals surface area contributed by atoms with E-state index in [1.54, 1.807) is 0 Å². The number of halogens is 3. The van der Waals surface area contributed by atoms with Crippen LogP contribution in [0.25, 0.3) is 0 Å². The second-order valence-corrected chi connectivity index (χ2v) is 5.94. The number of hydrogen-bond donors (Lipinski definition) is 0. The molecule has 3 atom stereocenters. The third-order valence-electron chi connectivity index (χ3n) is 0.979. The molecule has 0 fully saturated rings. The molecule has 55 valence electrons. The Labute approximate surface area is 82.2 Å². The van der Waals surface area contributed by atoms with Gasteiger partial charge in [0.05, 0.1) is 0 Å². The fraction of sp³-hybridized carbons (Fsp3) is 0.833. The fourth-order valence-electron chi connectivity index (χ4n) is 0.432. The van der Waals surface area contributed by atoms with Gasteiger partial charge in [0.2, 0.25) is 0 Å². The van der Waals surface area contributed by atoms with E-state index in [2.05, 4.69) is 61.6 Å². The van der Waals surface area contributed by atoms with Crippen LogP contribution in [0.4, 0.5) is 0 Å². The fourth-order valence-corrected chi connectivity index (χ4v) is 2.00. The zero-order valence-corrected chi connectivity index (χ0v) is 10.0. The van der Waals surface area contributed by atoms with Crippen LogP contribution in [-0.2, 0) is 0 Å². The van der Waals surface area contributed by atoms with Gasteiger partial charge in [0.1, 0.15) is 0 Å². The summed E-state index contributed by atoms with van der Waals surface area (Å²) >= 11 is 10.4. The minimum atomic E-state index is 0.349. The highest BCUT2D eigenvalue weighted by Gasteiger charge is 2.12. The Morgan fingerprint density at radius 1 is 1.33 bits per heavy atom. The molecule has 0 amide bonds. The molecule has 1 radical (unpaired) electrons. The molecule has 0 spiro atoms. The highest BCUT2D eigenvalue weighted by Crippen LogP contribution is 2.21. The van der Waals surface area contributed by atoms with Crippen molar-refractivity contribution in [2.24, 2.45) is 0 Å². The Morgan fingerprint density at radius 2 is 1.78 bits per heavy atom. The van der Waals surface area contributed by atoms with Gasteiger partial charge in [-0.15, -0.1) is 0 Å². The zero-order valence-electron chi connectivity index (χ0n) is 5.28. The average Bonchev–Trinajstić information content (AvgIpc) is 1.63. The minimum Gasteiger partial charge on any atom is -0.0890 e. The molecule has 0 rings (SSSR count). The predicted octanol–water partition coefficient (Wildman–Crippen LogP) is 3.52. The van der Waals surface area contributed by atoms with Gasteiger partial charge in [-0.1, -0.05) is 54.7 Å². The van der Waals surface area contributed by atoms with E-state index in [9.17, 15) is 0 Å². The highest BCUT2D eigenvalue weighted by atomic mass is 79.9. The van der Waals surface area contributed by atoms with E-state index >= 15 is 0 Å². The summed E-state index contributed by atoms with van der Waals surface area (Å²) in [5.74, 6) is 0. The van der Waals surface area contributed by atoms with E-state index in [4.69, 9.17) is 0 Å². The normalized spacial score (nSPS) is 21.0. The largest absolute Gasteiger partial charge is 0.0890 e. The maximum Gasteiger partial charge on any atom is 0.0279 e. The van der Waals surface area contributed by atoms with Crippen LogP contribution >= 0.6 is 47.8 Å². The smallest absolute Gasteiger partial charge is 0.0279 e. The maximum atomic E-state index is 3.83. The molecule has 0 aliphatic rings. The van der Waals surface area contributed by atoms with Crippen LogP contribution < -0.4 is 0 Å². The Morgan fingerprint density at radius 3 is 1.89 bits per heavy atom. The molecule has 0 aliphatic carbocycles. The first-order chi connectivity index (χ1) is 4.04. The van der Waals surface area contributed by atoms with Gasteiger partial charge in [0.25, 0.3) is 0 Å². The van der Waals surface area contributed by atoms with Crippen LogP contribution in [0.15, 0.2) is 0 Å². The van der Waals surface area contributed by atoms with E-state index in [0.29, 0.717) is 14.5 Å². The van der Waals surface area contributed by atoms with Gasteiger partial charge >= 0.3 is 0 Å². The zero-order chi connectivity index (χ0) is 7.44. The maximum absolute atomic E-state index is 3.83. The molecular formula is C6H10Br3. The lowest BCUT2D eigenvalue weighted by Crippen LogP contribution is -2.13. The van der Waals surface area contributed by atoms with Gasteiger partial charge in [0, 0.05) is 14.5 Å². The lowest BCUT2D eigenvalue weighted by atomic mass is 10.2. The van der Waals surface area contributed by atoms with Crippen molar-refractivity contribution in [2.75, 3.05) is 0 Å². The second-order valence-electron chi connectivity index (χ2n) is 2.03. The van der Waals surface area contributed by atoms with Crippen molar-refractivity contribution in [3.05, 3.63) is 6.92 Å². The van der Waals surface area contributed by atoms with Crippen molar-refractivity contribution < 1.29 is 0 Å². The summed E-state index contributed by atoms with van der Waals surface area (Å²) in [6.07, 6.45) is 1.05. The molecule has 0 aromatic carbocycles. The summed E-state index contributed by atoms with van der Waals surface area (Å²) in [5.41, 5.74) is 0. The molecule has 0 saturated carbocycles. The monoisotopic (exact) mass is 319 g/mol. The van der Waals surface area contributed by atoms with Gasteiger partial charge in [-0.25, -0.2) is 0 Å². The molecule has 0 aromatic rings. The van der Waals surface area contributed by atoms with E-state index in [-0.39, 0.29) is 0 Å². The van der Waals surface area contributed by atoms with Gasteiger partial charge in [0.15, 0.2) is 0 Å². The van der Waals surface area contributed by atoms with E-state index in [1.807, 2.05) is 0 Å². The molecular weight excluding hydrogens is 312 g/mol. The van der Waals surface area contributed by atoms with Crippen molar-refractivity contribution in [1.82, 2.24) is 0 Å². The highest BCUT2D eigenvalue weighted by molar-refractivity contribution is 9.12. The van der Waals surface area contributed by atoms with Gasteiger partial charge in [-0.2, -0.15) is 0 Å². The first-order valence-electron chi connectivity index (χ1n) is 2.79. The molecule has 0 bridgehead atoms. The Hall–Kier alpha value is 1.44. The van der Waals surface area contributed by atoms with Crippen LogP contribution in [0.3, 0.4) is 0 Å². The van der Waals surface area contributed by atoms with Gasteiger partial charge < -0.3 is 0 Å². The molecule has 0 aromatic heterocycles. The molecule has 3 heteroatoms. The quantitative estimate of drug-likeness (QED) is 0.698. The summed E-state index contributed by atoms with van der Waals surface area (Å²) in [6.45, 7) is 5.95. The molecule has 9 heavy (non-hydrogen) atoms. The van der Waals surface area contributed by atoms with Crippen LogP contribution in [-0.4, -0.2) is 14.5 Å². The molecule has 0 nitrogen and oxygen atoms in total. The van der Waals surface area contributed by atoms with Crippen molar-refractivity contribution in [3.8, 4) is 0 Å². The first kappa shape index (κ1) is 10.4. The number of rotatable bonds is 3. The van der Waals surface area contributed by atoms with Crippen molar-refractivity contribution in [3.63, 3.8) is 0 Å². The predicted molar refractivity (Wildman–Crippen MR) is 53.8 cm³/mol. The lowest BCUT2D eigenvalue weighted by Gasteiger charge is -2.12. The Bertz CT molecular complexity index is 70.7. The van der Waals surface area contributed by atoms with Crippen LogP contribution in [0, 0.1) is 6.92 Å². The molecule has 0 aliphatic heterocycles. The number of alkyl halides is 3. The van der Waals surface area contributed by atoms with E-state index in [0.717, 1.165) is 6.42 Å². The SMILES string of the molecule is [CH2]C(Br)CC(Br)C(C)Br. The molecule has 3 unspecified atom stereocenters. The van der Waals surface area contributed by atoms with Crippen molar-refractivity contribution in [2.45, 2.75) is 27.8 Å². The van der Waals surface area contributed by atoms with Crippen LogP contribution in [0.2, 0.25) is 0 Å². The van der Waals surface area contributed by atoms with E-state index < -0.39 is 0 Å². The summed E-state index contributed by atoms with van der Waals surface area (Å²) < 4.78 is 0. The van der Waals surface area contributed by atoms with Gasteiger partial charge in [-0.05, 0) is 13.3 Å². The average molecular weight is 322 g/mol. The number of hydrogen-bond acceptors (Lipinski definition) is 0. The summed E-state index contributed by atoms with van der Waals surface area (Å²) in [4.78, 5) is 1.38. The van der Waals surface area contributed by atoms with Crippen molar-refractivity contribution >= 4 is 47.8 Å². The third-order valence-corrected chi connectivity index (χ3v) is 3.87. The Kier molecular flexibility index (Phi) is 5.96. The summed E-state index contributed by atoms with van der Waals surface area (Å²) in [6, 6.07) is 0. The topological polar surface area (TPSA) is 0 Å². The minimum absolute atomic E-state index is 0.349. The standard InChI is InChI=1S/C6H10Br3/c1-4(7)3-6(9)5(2)8/h4-6H,1,3H2,2H3. The second kappa shape index (κ2) is 5.14. The van der Waals surface area contributed by atoms with Crippen molar-refractivity contribution in [1.29, 1.82) is 0 Å². The summed E-state index contributed by atoms with van der Waals surface area (Å²) in [7, 11) is 0. The molecule has 0 N–H and O–H groups in total. The molecule has 0 heterocycles. The lowest BCUT2D eigenvalue weighted by molar-refractivity contribution is 0.794. The first-order valence-corrected chi connectivity index (χ1v) is 5.54. The van der Waals surface area contributed by atoms with Gasteiger partial charge in [-0.3, -0.25) is 0 Å². The van der Waals surface area contributed by atoms with Crippen LogP contribution in [0.1, 0.15) is 13.3 Å². The molecule has 0 saturated heterocycles. The van der Waals surface area contributed by atoms with Crippen LogP contribution in [0.5, 0.6) is 0 Å². The summed E-state index contributed by atoms with van der Waals surface area (Å²) in [5, 5.41) is 0. The van der Waals surface area contributed by atoms with E-state index in [1.165, 1.54) is 0 Å².